The lowest BCUT2D eigenvalue weighted by atomic mass is 9.90. The zero-order chi connectivity index (χ0) is 14.3. The van der Waals surface area contributed by atoms with Gasteiger partial charge in [-0.1, -0.05) is 13.8 Å². The molecular formula is C15H16O5. The van der Waals surface area contributed by atoms with Crippen molar-refractivity contribution >= 4 is 11.9 Å². The number of rotatable bonds is 2. The Morgan fingerprint density at radius 2 is 2.15 bits per heavy atom. The van der Waals surface area contributed by atoms with Crippen LogP contribution in [0.3, 0.4) is 0 Å². The number of ether oxygens (including phenoxy) is 3. The molecule has 2 aliphatic heterocycles. The molecule has 1 aromatic carbocycles. The first-order chi connectivity index (χ1) is 9.47. The minimum atomic E-state index is -0.848. The van der Waals surface area contributed by atoms with Crippen LogP contribution in [0.4, 0.5) is 0 Å². The predicted octanol–water partition coefficient (Wildman–Crippen LogP) is 1.73. The zero-order valence-corrected chi connectivity index (χ0v) is 11.5. The van der Waals surface area contributed by atoms with Crippen molar-refractivity contribution < 1.29 is 23.8 Å². The molecule has 0 radical (unpaired) electrons. The number of carbonyl (C=O) groups is 2. The molecule has 106 valence electrons. The molecule has 0 saturated carbocycles. The van der Waals surface area contributed by atoms with Crippen LogP contribution in [0.2, 0.25) is 0 Å². The fraction of sp³-hybridized carbons (Fsp3) is 0.467. The van der Waals surface area contributed by atoms with Crippen LogP contribution < -0.4 is 4.74 Å². The lowest BCUT2D eigenvalue weighted by molar-refractivity contribution is -0.145. The number of fused-ring (bicyclic) bond motifs is 1. The highest BCUT2D eigenvalue weighted by Crippen LogP contribution is 2.32. The molecule has 0 N–H and O–H groups in total. The normalized spacial score (nSPS) is 22.9. The third-order valence-corrected chi connectivity index (χ3v) is 3.66. The SMILES string of the molecule is CC1(C)COC(=O)C1OC(=O)c1ccc2c(c1)CCO2. The third kappa shape index (κ3) is 2.13. The van der Waals surface area contributed by atoms with E-state index in [2.05, 4.69) is 0 Å². The van der Waals surface area contributed by atoms with Crippen LogP contribution in [-0.4, -0.2) is 31.3 Å². The van der Waals surface area contributed by atoms with E-state index in [1.807, 2.05) is 13.8 Å². The molecule has 2 aliphatic rings. The van der Waals surface area contributed by atoms with Gasteiger partial charge in [0.15, 0.2) is 0 Å². The van der Waals surface area contributed by atoms with E-state index in [1.54, 1.807) is 18.2 Å². The quantitative estimate of drug-likeness (QED) is 0.770. The maximum Gasteiger partial charge on any atom is 0.348 e. The van der Waals surface area contributed by atoms with Gasteiger partial charge in [-0.15, -0.1) is 0 Å². The number of hydrogen-bond acceptors (Lipinski definition) is 5. The highest BCUT2D eigenvalue weighted by atomic mass is 16.6. The van der Waals surface area contributed by atoms with Crippen molar-refractivity contribution in [3.63, 3.8) is 0 Å². The van der Waals surface area contributed by atoms with Crippen LogP contribution >= 0.6 is 0 Å². The van der Waals surface area contributed by atoms with Crippen LogP contribution in [0.15, 0.2) is 18.2 Å². The lowest BCUT2D eigenvalue weighted by Gasteiger charge is -2.21. The van der Waals surface area contributed by atoms with E-state index in [0.717, 1.165) is 17.7 Å². The number of benzene rings is 1. The molecule has 1 unspecified atom stereocenters. The Kier molecular flexibility index (Phi) is 2.92. The maximum atomic E-state index is 12.2. The van der Waals surface area contributed by atoms with Crippen molar-refractivity contribution in [1.29, 1.82) is 0 Å². The molecule has 0 aliphatic carbocycles. The minimum absolute atomic E-state index is 0.266. The maximum absolute atomic E-state index is 12.2. The van der Waals surface area contributed by atoms with Crippen LogP contribution in [-0.2, 0) is 20.7 Å². The van der Waals surface area contributed by atoms with Crippen molar-refractivity contribution in [2.45, 2.75) is 26.4 Å². The van der Waals surface area contributed by atoms with Gasteiger partial charge in [0.2, 0.25) is 6.10 Å². The Labute approximate surface area is 116 Å². The van der Waals surface area contributed by atoms with E-state index in [0.29, 0.717) is 12.2 Å². The molecule has 0 spiro atoms. The topological polar surface area (TPSA) is 61.8 Å². The average molecular weight is 276 g/mol. The van der Waals surface area contributed by atoms with E-state index in [-0.39, 0.29) is 6.61 Å². The molecule has 5 heteroatoms. The summed E-state index contributed by atoms with van der Waals surface area (Å²) < 4.78 is 15.7. The molecule has 2 heterocycles. The lowest BCUT2D eigenvalue weighted by Crippen LogP contribution is -2.34. The standard InChI is InChI=1S/C15H16O5/c1-15(2)8-19-14(17)12(15)20-13(16)10-3-4-11-9(7-10)5-6-18-11/h3-4,7,12H,5-6,8H2,1-2H3. The summed E-state index contributed by atoms with van der Waals surface area (Å²) in [7, 11) is 0. The molecule has 1 atom stereocenters. The highest BCUT2D eigenvalue weighted by Gasteiger charge is 2.46. The number of hydrogen-bond donors (Lipinski definition) is 0. The molecular weight excluding hydrogens is 260 g/mol. The van der Waals surface area contributed by atoms with Crippen LogP contribution in [0.25, 0.3) is 0 Å². The summed E-state index contributed by atoms with van der Waals surface area (Å²) in [6.45, 7) is 4.58. The molecule has 1 fully saturated rings. The molecule has 0 bridgehead atoms. The highest BCUT2D eigenvalue weighted by molar-refractivity contribution is 5.92. The summed E-state index contributed by atoms with van der Waals surface area (Å²) in [5.41, 5.74) is 0.935. The zero-order valence-electron chi connectivity index (χ0n) is 11.5. The monoisotopic (exact) mass is 276 g/mol. The Morgan fingerprint density at radius 1 is 1.35 bits per heavy atom. The average Bonchev–Trinajstić information content (AvgIpc) is 2.97. The second-order valence-corrected chi connectivity index (χ2v) is 5.80. The van der Waals surface area contributed by atoms with Gasteiger partial charge in [-0.2, -0.15) is 0 Å². The van der Waals surface area contributed by atoms with Crippen LogP contribution in [0.1, 0.15) is 29.8 Å². The summed E-state index contributed by atoms with van der Waals surface area (Å²) in [4.78, 5) is 23.8. The Balaban J connectivity index is 1.78. The summed E-state index contributed by atoms with van der Waals surface area (Å²) >= 11 is 0. The second-order valence-electron chi connectivity index (χ2n) is 5.80. The van der Waals surface area contributed by atoms with Crippen molar-refractivity contribution in [3.05, 3.63) is 29.3 Å². The molecule has 1 saturated heterocycles. The first-order valence-electron chi connectivity index (χ1n) is 6.61. The Bertz CT molecular complexity index is 576. The summed E-state index contributed by atoms with van der Waals surface area (Å²) in [6.07, 6.45) is -0.0625. The fourth-order valence-electron chi connectivity index (χ4n) is 2.42. The van der Waals surface area contributed by atoms with E-state index in [9.17, 15) is 9.59 Å². The van der Waals surface area contributed by atoms with E-state index >= 15 is 0 Å². The first-order valence-corrected chi connectivity index (χ1v) is 6.61. The van der Waals surface area contributed by atoms with Gasteiger partial charge in [0.25, 0.3) is 0 Å². The van der Waals surface area contributed by atoms with Gasteiger partial charge >= 0.3 is 11.9 Å². The second kappa shape index (κ2) is 4.51. The van der Waals surface area contributed by atoms with Gasteiger partial charge in [0.1, 0.15) is 12.4 Å². The van der Waals surface area contributed by atoms with E-state index in [4.69, 9.17) is 14.2 Å². The van der Waals surface area contributed by atoms with E-state index in [1.165, 1.54) is 0 Å². The van der Waals surface area contributed by atoms with Gasteiger partial charge in [-0.3, -0.25) is 0 Å². The third-order valence-electron chi connectivity index (χ3n) is 3.66. The number of esters is 2. The summed E-state index contributed by atoms with van der Waals surface area (Å²) in [5, 5.41) is 0. The Morgan fingerprint density at radius 3 is 2.85 bits per heavy atom. The Hall–Kier alpha value is -2.04. The van der Waals surface area contributed by atoms with Crippen molar-refractivity contribution in [2.24, 2.45) is 5.41 Å². The van der Waals surface area contributed by atoms with Crippen molar-refractivity contribution in [3.8, 4) is 5.75 Å². The van der Waals surface area contributed by atoms with Gasteiger partial charge in [-0.05, 0) is 23.8 Å². The molecule has 20 heavy (non-hydrogen) atoms. The molecule has 5 nitrogen and oxygen atoms in total. The molecule has 0 aromatic heterocycles. The van der Waals surface area contributed by atoms with Gasteiger partial charge in [0, 0.05) is 11.8 Å². The molecule has 1 aromatic rings. The number of carbonyl (C=O) groups excluding carboxylic acids is 2. The van der Waals surface area contributed by atoms with Crippen molar-refractivity contribution in [2.75, 3.05) is 13.2 Å². The van der Waals surface area contributed by atoms with Gasteiger partial charge in [0.05, 0.1) is 12.2 Å². The molecule has 3 rings (SSSR count). The fourth-order valence-corrected chi connectivity index (χ4v) is 2.42. The smallest absolute Gasteiger partial charge is 0.348 e. The number of cyclic esters (lactones) is 1. The summed E-state index contributed by atoms with van der Waals surface area (Å²) in [6, 6.07) is 5.18. The minimum Gasteiger partial charge on any atom is -0.493 e. The first kappa shape index (κ1) is 13.0. The predicted molar refractivity (Wildman–Crippen MR) is 69.6 cm³/mol. The molecule has 0 amide bonds. The van der Waals surface area contributed by atoms with Crippen LogP contribution in [0.5, 0.6) is 5.75 Å². The largest absolute Gasteiger partial charge is 0.493 e. The van der Waals surface area contributed by atoms with E-state index < -0.39 is 23.5 Å². The van der Waals surface area contributed by atoms with Crippen molar-refractivity contribution in [1.82, 2.24) is 0 Å². The van der Waals surface area contributed by atoms with Gasteiger partial charge in [-0.25, -0.2) is 9.59 Å². The summed E-state index contributed by atoms with van der Waals surface area (Å²) in [5.74, 6) is -0.174. The van der Waals surface area contributed by atoms with Gasteiger partial charge < -0.3 is 14.2 Å². The van der Waals surface area contributed by atoms with Crippen LogP contribution in [0, 0.1) is 5.41 Å².